The molecule has 3 rings (SSSR count). The van der Waals surface area contributed by atoms with Gasteiger partial charge in [0.15, 0.2) is 5.78 Å². The predicted molar refractivity (Wildman–Crippen MR) is 91.1 cm³/mol. The van der Waals surface area contributed by atoms with Crippen LogP contribution in [-0.4, -0.2) is 5.78 Å². The maximum Gasteiger partial charge on any atom is 0.163 e. The monoisotopic (exact) mass is 292 g/mol. The Morgan fingerprint density at radius 1 is 0.864 bits per heavy atom. The van der Waals surface area contributed by atoms with Crippen molar-refractivity contribution in [3.63, 3.8) is 0 Å². The molecule has 1 saturated carbocycles. The molecule has 1 aliphatic rings. The molecule has 1 heteroatoms. The Bertz CT molecular complexity index is 582. The van der Waals surface area contributed by atoms with E-state index in [0.29, 0.717) is 18.3 Å². The van der Waals surface area contributed by atoms with Crippen molar-refractivity contribution in [1.29, 1.82) is 0 Å². The molecular formula is C21H24O. The number of hydrogen-bond donors (Lipinski definition) is 0. The van der Waals surface area contributed by atoms with Crippen LogP contribution in [0.1, 0.15) is 60.4 Å². The third-order valence-electron chi connectivity index (χ3n) is 4.95. The standard InChI is InChI=1S/C21H24O/c22-21(19-14-8-3-9-15-19)16-20(17-10-4-1-5-11-17)18-12-6-2-7-13-18/h1,3-5,8-11,14-15,18,20H,2,6-7,12-13,16H2/t20-/m0/s1. The molecule has 2 aromatic carbocycles. The molecule has 1 fully saturated rings. The molecule has 0 N–H and O–H groups in total. The van der Waals surface area contributed by atoms with Gasteiger partial charge in [0.2, 0.25) is 0 Å². The summed E-state index contributed by atoms with van der Waals surface area (Å²) >= 11 is 0. The number of hydrogen-bond acceptors (Lipinski definition) is 1. The largest absolute Gasteiger partial charge is 0.294 e. The fourth-order valence-corrected chi connectivity index (χ4v) is 3.74. The van der Waals surface area contributed by atoms with Crippen LogP contribution in [0.4, 0.5) is 0 Å². The topological polar surface area (TPSA) is 17.1 Å². The molecule has 1 nitrogen and oxygen atoms in total. The fourth-order valence-electron chi connectivity index (χ4n) is 3.74. The molecule has 0 amide bonds. The second kappa shape index (κ2) is 7.40. The molecule has 0 spiro atoms. The lowest BCUT2D eigenvalue weighted by Crippen LogP contribution is -2.19. The molecule has 1 aliphatic carbocycles. The number of benzene rings is 2. The number of Topliss-reactive ketones (excluding diaryl/α,β-unsaturated/α-hetero) is 1. The van der Waals surface area contributed by atoms with Crippen LogP contribution in [0.2, 0.25) is 0 Å². The van der Waals surface area contributed by atoms with Crippen molar-refractivity contribution in [3.8, 4) is 0 Å². The molecule has 1 atom stereocenters. The van der Waals surface area contributed by atoms with Gasteiger partial charge in [0, 0.05) is 12.0 Å². The van der Waals surface area contributed by atoms with Crippen LogP contribution < -0.4 is 0 Å². The van der Waals surface area contributed by atoms with Gasteiger partial charge in [-0.3, -0.25) is 4.79 Å². The Hall–Kier alpha value is -1.89. The van der Waals surface area contributed by atoms with Gasteiger partial charge in [-0.2, -0.15) is 0 Å². The molecule has 2 aromatic rings. The van der Waals surface area contributed by atoms with Gasteiger partial charge in [-0.15, -0.1) is 0 Å². The third kappa shape index (κ3) is 3.65. The van der Waals surface area contributed by atoms with Crippen LogP contribution in [0.15, 0.2) is 60.7 Å². The lowest BCUT2D eigenvalue weighted by atomic mass is 9.74. The number of rotatable bonds is 5. The van der Waals surface area contributed by atoms with Crippen molar-refractivity contribution in [2.75, 3.05) is 0 Å². The van der Waals surface area contributed by atoms with Crippen LogP contribution in [0.5, 0.6) is 0 Å². The van der Waals surface area contributed by atoms with E-state index >= 15 is 0 Å². The van der Waals surface area contributed by atoms with E-state index in [4.69, 9.17) is 0 Å². The molecule has 22 heavy (non-hydrogen) atoms. The van der Waals surface area contributed by atoms with Crippen LogP contribution in [0.25, 0.3) is 0 Å². The summed E-state index contributed by atoms with van der Waals surface area (Å²) in [6.07, 6.45) is 7.15. The fraction of sp³-hybridized carbons (Fsp3) is 0.381. The minimum atomic E-state index is 0.278. The van der Waals surface area contributed by atoms with E-state index < -0.39 is 0 Å². The molecule has 0 aromatic heterocycles. The summed E-state index contributed by atoms with van der Waals surface area (Å²) in [5.41, 5.74) is 2.18. The SMILES string of the molecule is O=C(C[C@@H](c1ccccc1)C1CCCCC1)c1ccccc1. The summed E-state index contributed by atoms with van der Waals surface area (Å²) in [6.45, 7) is 0. The van der Waals surface area contributed by atoms with Crippen molar-refractivity contribution >= 4 is 5.78 Å². The van der Waals surface area contributed by atoms with Crippen molar-refractivity contribution < 1.29 is 4.79 Å². The average molecular weight is 292 g/mol. The zero-order chi connectivity index (χ0) is 15.2. The van der Waals surface area contributed by atoms with E-state index in [1.807, 2.05) is 30.3 Å². The van der Waals surface area contributed by atoms with Gasteiger partial charge in [-0.25, -0.2) is 0 Å². The highest BCUT2D eigenvalue weighted by Gasteiger charge is 2.27. The second-order valence-electron chi connectivity index (χ2n) is 6.41. The minimum Gasteiger partial charge on any atom is -0.294 e. The van der Waals surface area contributed by atoms with E-state index in [9.17, 15) is 4.79 Å². The summed E-state index contributed by atoms with van der Waals surface area (Å²) < 4.78 is 0. The average Bonchev–Trinajstić information content (AvgIpc) is 2.62. The van der Waals surface area contributed by atoms with E-state index in [2.05, 4.69) is 30.3 Å². The van der Waals surface area contributed by atoms with Crippen LogP contribution in [0.3, 0.4) is 0 Å². The summed E-state index contributed by atoms with van der Waals surface area (Å²) in [5.74, 6) is 1.30. The number of carbonyl (C=O) groups is 1. The lowest BCUT2D eigenvalue weighted by molar-refractivity contribution is 0.0958. The van der Waals surface area contributed by atoms with Crippen molar-refractivity contribution in [1.82, 2.24) is 0 Å². The molecule has 0 saturated heterocycles. The van der Waals surface area contributed by atoms with Crippen LogP contribution in [0, 0.1) is 5.92 Å². The van der Waals surface area contributed by atoms with Crippen molar-refractivity contribution in [2.24, 2.45) is 5.92 Å². The molecule has 0 unspecified atom stereocenters. The lowest BCUT2D eigenvalue weighted by Gasteiger charge is -2.30. The molecule has 0 aliphatic heterocycles. The molecule has 114 valence electrons. The first kappa shape index (κ1) is 15.0. The normalized spacial score (nSPS) is 17.1. The molecule has 0 heterocycles. The minimum absolute atomic E-state index is 0.278. The molecular weight excluding hydrogens is 268 g/mol. The summed E-state index contributed by atoms with van der Waals surface area (Å²) in [6, 6.07) is 20.4. The van der Waals surface area contributed by atoms with Crippen molar-refractivity contribution in [2.45, 2.75) is 44.4 Å². The van der Waals surface area contributed by atoms with Gasteiger partial charge in [0.25, 0.3) is 0 Å². The van der Waals surface area contributed by atoms with Crippen LogP contribution >= 0.6 is 0 Å². The van der Waals surface area contributed by atoms with Gasteiger partial charge in [0.1, 0.15) is 0 Å². The first-order valence-electron chi connectivity index (χ1n) is 8.48. The zero-order valence-corrected chi connectivity index (χ0v) is 13.1. The van der Waals surface area contributed by atoms with Crippen molar-refractivity contribution in [3.05, 3.63) is 71.8 Å². The van der Waals surface area contributed by atoms with Gasteiger partial charge >= 0.3 is 0 Å². The van der Waals surface area contributed by atoms with E-state index in [1.54, 1.807) is 0 Å². The smallest absolute Gasteiger partial charge is 0.163 e. The molecule has 0 radical (unpaired) electrons. The maximum absolute atomic E-state index is 12.7. The van der Waals surface area contributed by atoms with E-state index in [-0.39, 0.29) is 5.78 Å². The highest BCUT2D eigenvalue weighted by Crippen LogP contribution is 2.38. The Labute approximate surface area is 133 Å². The summed E-state index contributed by atoms with van der Waals surface area (Å²) in [7, 11) is 0. The quantitative estimate of drug-likeness (QED) is 0.653. The predicted octanol–water partition coefficient (Wildman–Crippen LogP) is 5.62. The van der Waals surface area contributed by atoms with E-state index in [1.165, 1.54) is 37.7 Å². The first-order valence-corrected chi connectivity index (χ1v) is 8.48. The van der Waals surface area contributed by atoms with Crippen LogP contribution in [-0.2, 0) is 0 Å². The Morgan fingerprint density at radius 3 is 2.09 bits per heavy atom. The van der Waals surface area contributed by atoms with Gasteiger partial charge in [0.05, 0.1) is 0 Å². The first-order chi connectivity index (χ1) is 10.8. The Kier molecular flexibility index (Phi) is 5.05. The van der Waals surface area contributed by atoms with E-state index in [0.717, 1.165) is 5.56 Å². The highest BCUT2D eigenvalue weighted by molar-refractivity contribution is 5.96. The van der Waals surface area contributed by atoms with Gasteiger partial charge in [-0.05, 0) is 30.2 Å². The highest BCUT2D eigenvalue weighted by atomic mass is 16.1. The molecule has 0 bridgehead atoms. The second-order valence-corrected chi connectivity index (χ2v) is 6.41. The Balaban J connectivity index is 1.81. The maximum atomic E-state index is 12.7. The Morgan fingerprint density at radius 2 is 1.45 bits per heavy atom. The zero-order valence-electron chi connectivity index (χ0n) is 13.1. The number of carbonyl (C=O) groups excluding carboxylic acids is 1. The van der Waals surface area contributed by atoms with Gasteiger partial charge in [-0.1, -0.05) is 79.9 Å². The van der Waals surface area contributed by atoms with Gasteiger partial charge < -0.3 is 0 Å². The summed E-state index contributed by atoms with van der Waals surface area (Å²) in [4.78, 5) is 12.7. The summed E-state index contributed by atoms with van der Waals surface area (Å²) in [5, 5.41) is 0. The third-order valence-corrected chi connectivity index (χ3v) is 4.95. The number of ketones is 1.